The second kappa shape index (κ2) is 11.1. The quantitative estimate of drug-likeness (QED) is 0.323. The molecule has 1 N–H and O–H groups in total. The van der Waals surface area contributed by atoms with Gasteiger partial charge in [0.2, 0.25) is 0 Å². The third-order valence-electron chi connectivity index (χ3n) is 9.19. The number of piperidine rings is 1. The van der Waals surface area contributed by atoms with E-state index in [0.29, 0.717) is 31.8 Å². The smallest absolute Gasteiger partial charge is 0.307 e. The Hall–Kier alpha value is -4.25. The summed E-state index contributed by atoms with van der Waals surface area (Å²) in [7, 11) is 0. The van der Waals surface area contributed by atoms with E-state index < -0.39 is 5.97 Å². The van der Waals surface area contributed by atoms with E-state index in [1.807, 2.05) is 46.7 Å². The average Bonchev–Trinajstić information content (AvgIpc) is 3.74. The van der Waals surface area contributed by atoms with E-state index in [1.54, 1.807) is 17.7 Å². The lowest BCUT2D eigenvalue weighted by Gasteiger charge is -2.35. The Balaban J connectivity index is 1.04. The highest BCUT2D eigenvalue weighted by molar-refractivity contribution is 7.14. The number of rotatable bonds is 7. The van der Waals surface area contributed by atoms with Gasteiger partial charge in [0.25, 0.3) is 5.91 Å². The number of benzene rings is 2. The van der Waals surface area contributed by atoms with Gasteiger partial charge >= 0.3 is 5.97 Å². The normalized spacial score (nSPS) is 21.1. The third-order valence-corrected chi connectivity index (χ3v) is 10.1. The maximum atomic E-state index is 13.2. The molecule has 7 rings (SSSR count). The molecule has 2 fully saturated rings. The summed E-state index contributed by atoms with van der Waals surface area (Å²) in [6.07, 6.45) is 3.66. The number of amides is 1. The minimum absolute atomic E-state index is 0.00910. The molecule has 4 aromatic rings. The van der Waals surface area contributed by atoms with Crippen LogP contribution in [0.3, 0.4) is 0 Å². The summed E-state index contributed by atoms with van der Waals surface area (Å²) in [6.45, 7) is 7.70. The van der Waals surface area contributed by atoms with Crippen LogP contribution < -0.4 is 9.64 Å². The van der Waals surface area contributed by atoms with Crippen molar-refractivity contribution in [2.24, 2.45) is 17.8 Å². The van der Waals surface area contributed by atoms with Crippen molar-refractivity contribution in [3.63, 3.8) is 0 Å². The SMILES string of the molecule is Cc1ccc(OCc2ccc(C(=O)N3CCn4cnnc4C3)cc2C)c(-c2csc(N3C[C@H]4CC[C@@H](C3)[C@H]4C(=O)O)n2)c1. The van der Waals surface area contributed by atoms with E-state index in [1.165, 1.54) is 0 Å². The van der Waals surface area contributed by atoms with Crippen molar-refractivity contribution in [2.75, 3.05) is 24.5 Å². The van der Waals surface area contributed by atoms with Gasteiger partial charge in [0.1, 0.15) is 18.7 Å². The van der Waals surface area contributed by atoms with E-state index in [0.717, 1.165) is 70.6 Å². The van der Waals surface area contributed by atoms with Crippen LogP contribution in [0.15, 0.2) is 48.1 Å². The van der Waals surface area contributed by atoms with Crippen molar-refractivity contribution in [3.8, 4) is 17.0 Å². The number of fused-ring (bicyclic) bond motifs is 3. The molecule has 1 saturated heterocycles. The molecule has 222 valence electrons. The standard InChI is InChI=1S/C32H34N6O4S/c1-19-3-8-27(25(11-19)26-17-43-32(34-26)38-13-22-5-6-23(14-38)29(22)31(40)41)42-16-24-7-4-21(12-20(24)2)30(39)36-9-10-37-18-33-35-28(37)15-36/h3-4,7-8,11-12,17-18,22-23,29H,5-6,9-10,13-16H2,1-2H3,(H,40,41)/t22-,23+,29+. The molecule has 0 radical (unpaired) electrons. The molecule has 2 aliphatic heterocycles. The van der Waals surface area contributed by atoms with Gasteiger partial charge < -0.3 is 24.2 Å². The molecular formula is C32H34N6O4S. The highest BCUT2D eigenvalue weighted by atomic mass is 32.1. The number of ether oxygens (including phenoxy) is 1. The molecule has 43 heavy (non-hydrogen) atoms. The number of carboxylic acid groups (broad SMARTS) is 1. The lowest BCUT2D eigenvalue weighted by Crippen LogP contribution is -2.44. The van der Waals surface area contributed by atoms with E-state index >= 15 is 0 Å². The predicted octanol–water partition coefficient (Wildman–Crippen LogP) is 4.80. The molecule has 2 aromatic carbocycles. The average molecular weight is 599 g/mol. The number of anilines is 1. The van der Waals surface area contributed by atoms with Crippen molar-refractivity contribution in [1.29, 1.82) is 0 Å². The summed E-state index contributed by atoms with van der Waals surface area (Å²) in [5.41, 5.74) is 5.58. The Bertz CT molecular complexity index is 1680. The van der Waals surface area contributed by atoms with Crippen LogP contribution in [0.25, 0.3) is 11.3 Å². The van der Waals surface area contributed by atoms with Gasteiger partial charge in [-0.3, -0.25) is 9.59 Å². The molecule has 3 atom stereocenters. The van der Waals surface area contributed by atoms with Gasteiger partial charge in [-0.1, -0.05) is 17.7 Å². The molecule has 0 spiro atoms. The Morgan fingerprint density at radius 3 is 2.65 bits per heavy atom. The van der Waals surface area contributed by atoms with Crippen molar-refractivity contribution in [3.05, 3.63) is 76.2 Å². The second-order valence-electron chi connectivity index (χ2n) is 12.0. The van der Waals surface area contributed by atoms with E-state index in [9.17, 15) is 14.7 Å². The number of aryl methyl sites for hydroxylation is 2. The molecule has 3 aliphatic rings. The first-order valence-corrected chi connectivity index (χ1v) is 15.6. The number of thiazole rings is 1. The summed E-state index contributed by atoms with van der Waals surface area (Å²) < 4.78 is 8.35. The van der Waals surface area contributed by atoms with Crippen LogP contribution in [-0.4, -0.2) is 61.3 Å². The topological polar surface area (TPSA) is 114 Å². The number of carboxylic acids is 1. The number of aromatic nitrogens is 4. The molecule has 1 saturated carbocycles. The monoisotopic (exact) mass is 598 g/mol. The third kappa shape index (κ3) is 5.26. The Morgan fingerprint density at radius 2 is 1.88 bits per heavy atom. The Kier molecular flexibility index (Phi) is 7.12. The highest BCUT2D eigenvalue weighted by Crippen LogP contribution is 2.44. The van der Waals surface area contributed by atoms with Gasteiger partial charge in [-0.2, -0.15) is 0 Å². The zero-order valence-corrected chi connectivity index (χ0v) is 25.1. The summed E-state index contributed by atoms with van der Waals surface area (Å²) >= 11 is 1.60. The number of nitrogens with zero attached hydrogens (tertiary/aromatic N) is 6. The van der Waals surface area contributed by atoms with Crippen molar-refractivity contribution in [2.45, 2.75) is 46.4 Å². The fourth-order valence-corrected chi connectivity index (χ4v) is 7.70. The van der Waals surface area contributed by atoms with Crippen molar-refractivity contribution >= 4 is 28.3 Å². The molecule has 11 heteroatoms. The number of hydrogen-bond donors (Lipinski definition) is 1. The van der Waals surface area contributed by atoms with Crippen LogP contribution in [0.2, 0.25) is 0 Å². The minimum atomic E-state index is -0.654. The van der Waals surface area contributed by atoms with E-state index in [-0.39, 0.29) is 23.7 Å². The molecule has 1 aliphatic carbocycles. The largest absolute Gasteiger partial charge is 0.488 e. The molecular weight excluding hydrogens is 564 g/mol. The predicted molar refractivity (Wildman–Crippen MR) is 162 cm³/mol. The number of carbonyl (C=O) groups excluding carboxylic acids is 1. The number of carbonyl (C=O) groups is 2. The number of aliphatic carboxylic acids is 1. The molecule has 10 nitrogen and oxygen atoms in total. The number of hydrogen-bond acceptors (Lipinski definition) is 8. The fraction of sp³-hybridized carbons (Fsp3) is 0.406. The summed E-state index contributed by atoms with van der Waals surface area (Å²) in [5.74, 6) is 1.04. The zero-order valence-electron chi connectivity index (χ0n) is 24.3. The summed E-state index contributed by atoms with van der Waals surface area (Å²) in [5, 5.41) is 20.8. The Labute approximate surface area is 253 Å². The first-order chi connectivity index (χ1) is 20.8. The van der Waals surface area contributed by atoms with Gasteiger partial charge in [-0.25, -0.2) is 4.98 Å². The molecule has 1 amide bonds. The van der Waals surface area contributed by atoms with E-state index in [2.05, 4.69) is 33.5 Å². The fourth-order valence-electron chi connectivity index (χ4n) is 6.85. The van der Waals surface area contributed by atoms with Crippen LogP contribution in [0.1, 0.15) is 45.7 Å². The summed E-state index contributed by atoms with van der Waals surface area (Å²) in [6, 6.07) is 11.9. The van der Waals surface area contributed by atoms with Gasteiger partial charge in [0, 0.05) is 42.7 Å². The molecule has 0 unspecified atom stereocenters. The maximum Gasteiger partial charge on any atom is 0.307 e. The lowest BCUT2D eigenvalue weighted by molar-refractivity contribution is -0.144. The van der Waals surface area contributed by atoms with Crippen LogP contribution in [0.5, 0.6) is 5.75 Å². The van der Waals surface area contributed by atoms with Gasteiger partial charge in [0.15, 0.2) is 11.0 Å². The molecule has 2 aromatic heterocycles. The van der Waals surface area contributed by atoms with Crippen molar-refractivity contribution < 1.29 is 19.4 Å². The maximum absolute atomic E-state index is 13.2. The highest BCUT2D eigenvalue weighted by Gasteiger charge is 2.46. The first kappa shape index (κ1) is 27.6. The van der Waals surface area contributed by atoms with Crippen LogP contribution >= 0.6 is 11.3 Å². The van der Waals surface area contributed by atoms with Crippen LogP contribution in [-0.2, 0) is 24.5 Å². The molecule has 2 bridgehead atoms. The molecule has 4 heterocycles. The van der Waals surface area contributed by atoms with Gasteiger partial charge in [-0.05, 0) is 73.9 Å². The summed E-state index contributed by atoms with van der Waals surface area (Å²) in [4.78, 5) is 34.1. The second-order valence-corrected chi connectivity index (χ2v) is 12.8. The zero-order chi connectivity index (χ0) is 29.7. The first-order valence-electron chi connectivity index (χ1n) is 14.8. The van der Waals surface area contributed by atoms with Crippen LogP contribution in [0.4, 0.5) is 5.13 Å². The lowest BCUT2D eigenvalue weighted by atomic mass is 9.85. The van der Waals surface area contributed by atoms with Gasteiger partial charge in [-0.15, -0.1) is 21.5 Å². The Morgan fingerprint density at radius 1 is 1.07 bits per heavy atom. The van der Waals surface area contributed by atoms with Crippen LogP contribution in [0, 0.1) is 31.6 Å². The van der Waals surface area contributed by atoms with E-state index in [4.69, 9.17) is 9.72 Å². The van der Waals surface area contributed by atoms with Crippen molar-refractivity contribution in [1.82, 2.24) is 24.6 Å². The minimum Gasteiger partial charge on any atom is -0.488 e. The van der Waals surface area contributed by atoms with Gasteiger partial charge in [0.05, 0.1) is 18.2 Å².